The zero-order valence-corrected chi connectivity index (χ0v) is 10.3. The molecular formula is C13H27N. The van der Waals surface area contributed by atoms with E-state index in [1.807, 2.05) is 0 Å². The molecule has 0 saturated heterocycles. The summed E-state index contributed by atoms with van der Waals surface area (Å²) in [5, 5.41) is 3.79. The molecule has 1 N–H and O–H groups in total. The van der Waals surface area contributed by atoms with E-state index in [0.717, 1.165) is 17.9 Å². The van der Waals surface area contributed by atoms with Gasteiger partial charge in [-0.05, 0) is 44.4 Å². The highest BCUT2D eigenvalue weighted by molar-refractivity contribution is 4.79. The lowest BCUT2D eigenvalue weighted by atomic mass is 9.86. The molecule has 0 amide bonds. The van der Waals surface area contributed by atoms with Crippen LogP contribution in [0.2, 0.25) is 0 Å². The Balaban J connectivity index is 2.23. The van der Waals surface area contributed by atoms with Gasteiger partial charge in [-0.3, -0.25) is 0 Å². The smallest absolute Gasteiger partial charge is 0.00698 e. The quantitative estimate of drug-likeness (QED) is 0.726. The van der Waals surface area contributed by atoms with Crippen LogP contribution in [-0.2, 0) is 0 Å². The number of hydrogen-bond acceptors (Lipinski definition) is 1. The highest BCUT2D eigenvalue weighted by atomic mass is 14.9. The van der Waals surface area contributed by atoms with Crippen LogP contribution in [0.4, 0.5) is 0 Å². The van der Waals surface area contributed by atoms with Crippen molar-refractivity contribution in [2.24, 2.45) is 11.8 Å². The Morgan fingerprint density at radius 3 is 2.21 bits per heavy atom. The molecule has 1 aliphatic rings. The van der Waals surface area contributed by atoms with E-state index in [1.54, 1.807) is 0 Å². The Labute approximate surface area is 89.7 Å². The first-order valence-corrected chi connectivity index (χ1v) is 6.39. The van der Waals surface area contributed by atoms with Crippen LogP contribution in [0.1, 0.15) is 59.8 Å². The third-order valence-corrected chi connectivity index (χ3v) is 4.01. The molecule has 14 heavy (non-hydrogen) atoms. The minimum Gasteiger partial charge on any atom is -0.311 e. The largest absolute Gasteiger partial charge is 0.311 e. The molecule has 0 spiro atoms. The highest BCUT2D eigenvalue weighted by Gasteiger charge is 2.20. The van der Waals surface area contributed by atoms with Gasteiger partial charge in [-0.25, -0.2) is 0 Å². The van der Waals surface area contributed by atoms with Crippen molar-refractivity contribution in [1.29, 1.82) is 0 Å². The first kappa shape index (κ1) is 12.0. The maximum atomic E-state index is 3.79. The normalized spacial score (nSPS) is 32.6. The summed E-state index contributed by atoms with van der Waals surface area (Å²) >= 11 is 0. The molecule has 0 heterocycles. The van der Waals surface area contributed by atoms with E-state index in [4.69, 9.17) is 0 Å². The van der Waals surface area contributed by atoms with Gasteiger partial charge in [0.2, 0.25) is 0 Å². The van der Waals surface area contributed by atoms with Crippen molar-refractivity contribution in [2.75, 3.05) is 0 Å². The van der Waals surface area contributed by atoms with Crippen LogP contribution in [0.25, 0.3) is 0 Å². The molecule has 1 fully saturated rings. The molecule has 0 aromatic carbocycles. The van der Waals surface area contributed by atoms with Crippen LogP contribution in [0.3, 0.4) is 0 Å². The summed E-state index contributed by atoms with van der Waals surface area (Å²) in [6.07, 6.45) is 6.91. The molecule has 0 radical (unpaired) electrons. The van der Waals surface area contributed by atoms with Crippen LogP contribution in [0, 0.1) is 11.8 Å². The van der Waals surface area contributed by atoms with Gasteiger partial charge in [0.1, 0.15) is 0 Å². The van der Waals surface area contributed by atoms with Gasteiger partial charge in [0.15, 0.2) is 0 Å². The van der Waals surface area contributed by atoms with Gasteiger partial charge < -0.3 is 5.32 Å². The van der Waals surface area contributed by atoms with Gasteiger partial charge in [0, 0.05) is 12.1 Å². The second-order valence-electron chi connectivity index (χ2n) is 5.30. The summed E-state index contributed by atoms with van der Waals surface area (Å²) in [6, 6.07) is 1.49. The summed E-state index contributed by atoms with van der Waals surface area (Å²) < 4.78 is 0. The first-order valence-electron chi connectivity index (χ1n) is 6.39. The van der Waals surface area contributed by atoms with Crippen LogP contribution < -0.4 is 5.32 Å². The molecule has 0 aromatic heterocycles. The van der Waals surface area contributed by atoms with E-state index in [9.17, 15) is 0 Å². The van der Waals surface area contributed by atoms with Crippen LogP contribution >= 0.6 is 0 Å². The second kappa shape index (κ2) is 5.75. The van der Waals surface area contributed by atoms with Crippen LogP contribution in [0.15, 0.2) is 0 Å². The summed E-state index contributed by atoms with van der Waals surface area (Å²) in [6.45, 7) is 9.36. The van der Waals surface area contributed by atoms with Crippen LogP contribution in [-0.4, -0.2) is 12.1 Å². The lowest BCUT2D eigenvalue weighted by molar-refractivity contribution is 0.263. The standard InChI is InChI=1S/C13H27N/c1-5-11(3)12(4)14-13-8-6-10(2)7-9-13/h10-14H,5-9H2,1-4H3. The molecule has 0 aliphatic heterocycles. The predicted octanol–water partition coefficient (Wildman–Crippen LogP) is 3.59. The number of nitrogens with one attached hydrogen (secondary N) is 1. The number of rotatable bonds is 4. The first-order chi connectivity index (χ1) is 6.63. The zero-order valence-electron chi connectivity index (χ0n) is 10.3. The van der Waals surface area contributed by atoms with Crippen molar-refractivity contribution in [3.05, 3.63) is 0 Å². The summed E-state index contributed by atoms with van der Waals surface area (Å²) in [5.74, 6) is 1.78. The van der Waals surface area contributed by atoms with Gasteiger partial charge in [-0.1, -0.05) is 27.2 Å². The summed E-state index contributed by atoms with van der Waals surface area (Å²) in [7, 11) is 0. The fourth-order valence-electron chi connectivity index (χ4n) is 2.32. The second-order valence-corrected chi connectivity index (χ2v) is 5.30. The Morgan fingerprint density at radius 2 is 1.71 bits per heavy atom. The highest BCUT2D eigenvalue weighted by Crippen LogP contribution is 2.24. The summed E-state index contributed by atoms with van der Waals surface area (Å²) in [4.78, 5) is 0. The Morgan fingerprint density at radius 1 is 1.14 bits per heavy atom. The molecule has 84 valence electrons. The average Bonchev–Trinajstić information content (AvgIpc) is 2.20. The molecule has 2 unspecified atom stereocenters. The van der Waals surface area contributed by atoms with E-state index in [-0.39, 0.29) is 0 Å². The SMILES string of the molecule is CCC(C)C(C)NC1CCC(C)CC1. The molecule has 1 saturated carbocycles. The molecule has 1 heteroatoms. The topological polar surface area (TPSA) is 12.0 Å². The number of hydrogen-bond donors (Lipinski definition) is 1. The minimum atomic E-state index is 0.693. The van der Waals surface area contributed by atoms with Crippen molar-refractivity contribution in [2.45, 2.75) is 71.9 Å². The van der Waals surface area contributed by atoms with E-state index >= 15 is 0 Å². The van der Waals surface area contributed by atoms with Crippen molar-refractivity contribution < 1.29 is 0 Å². The molecule has 1 rings (SSSR count). The average molecular weight is 197 g/mol. The molecule has 1 aliphatic carbocycles. The molecule has 0 bridgehead atoms. The summed E-state index contributed by atoms with van der Waals surface area (Å²) in [5.41, 5.74) is 0. The Kier molecular flexibility index (Phi) is 4.94. The Hall–Kier alpha value is -0.0400. The molecule has 2 atom stereocenters. The van der Waals surface area contributed by atoms with Gasteiger partial charge in [0.05, 0.1) is 0 Å². The predicted molar refractivity (Wildman–Crippen MR) is 63.5 cm³/mol. The van der Waals surface area contributed by atoms with E-state index < -0.39 is 0 Å². The zero-order chi connectivity index (χ0) is 10.6. The maximum absolute atomic E-state index is 3.79. The lowest BCUT2D eigenvalue weighted by Crippen LogP contribution is -2.41. The fourth-order valence-corrected chi connectivity index (χ4v) is 2.32. The van der Waals surface area contributed by atoms with Gasteiger partial charge in [-0.2, -0.15) is 0 Å². The maximum Gasteiger partial charge on any atom is 0.00698 e. The van der Waals surface area contributed by atoms with Gasteiger partial charge in [0.25, 0.3) is 0 Å². The van der Waals surface area contributed by atoms with Crippen molar-refractivity contribution in [1.82, 2.24) is 5.32 Å². The van der Waals surface area contributed by atoms with Gasteiger partial charge >= 0.3 is 0 Å². The monoisotopic (exact) mass is 197 g/mol. The van der Waals surface area contributed by atoms with Crippen molar-refractivity contribution in [3.63, 3.8) is 0 Å². The third-order valence-electron chi connectivity index (χ3n) is 4.01. The minimum absolute atomic E-state index is 0.693. The molecule has 1 nitrogen and oxygen atoms in total. The van der Waals surface area contributed by atoms with Gasteiger partial charge in [-0.15, -0.1) is 0 Å². The third kappa shape index (κ3) is 3.61. The van der Waals surface area contributed by atoms with Crippen molar-refractivity contribution >= 4 is 0 Å². The Bertz CT molecular complexity index is 147. The fraction of sp³-hybridized carbons (Fsp3) is 1.00. The van der Waals surface area contributed by atoms with E-state index in [0.29, 0.717) is 6.04 Å². The van der Waals surface area contributed by atoms with Crippen molar-refractivity contribution in [3.8, 4) is 0 Å². The molecular weight excluding hydrogens is 170 g/mol. The lowest BCUT2D eigenvalue weighted by Gasteiger charge is -2.31. The van der Waals surface area contributed by atoms with Crippen LogP contribution in [0.5, 0.6) is 0 Å². The van der Waals surface area contributed by atoms with E-state index in [1.165, 1.54) is 32.1 Å². The molecule has 0 aromatic rings. The van der Waals surface area contributed by atoms with E-state index in [2.05, 4.69) is 33.0 Å².